The fourth-order valence-electron chi connectivity index (χ4n) is 1.93. The summed E-state index contributed by atoms with van der Waals surface area (Å²) in [6.07, 6.45) is 4.09. The van der Waals surface area contributed by atoms with Gasteiger partial charge in [-0.2, -0.15) is 0 Å². The summed E-state index contributed by atoms with van der Waals surface area (Å²) >= 11 is 0. The highest BCUT2D eigenvalue weighted by molar-refractivity contribution is 5.91. The molecule has 0 aliphatic carbocycles. The molecule has 0 bridgehead atoms. The van der Waals surface area contributed by atoms with E-state index in [-0.39, 0.29) is 12.5 Å². The van der Waals surface area contributed by atoms with Gasteiger partial charge in [-0.3, -0.25) is 4.79 Å². The number of hydrogen-bond donors (Lipinski definition) is 2. The molecule has 3 heteroatoms. The molecule has 1 aromatic carbocycles. The van der Waals surface area contributed by atoms with Crippen LogP contribution in [0.25, 0.3) is 6.08 Å². The Morgan fingerprint density at radius 1 is 1.32 bits per heavy atom. The number of carbonyl (C=O) groups is 1. The van der Waals surface area contributed by atoms with Crippen LogP contribution in [0.15, 0.2) is 24.3 Å². The van der Waals surface area contributed by atoms with Crippen molar-refractivity contribution in [1.82, 2.24) is 5.32 Å². The first kappa shape index (κ1) is 15.4. The number of amides is 1. The first-order valence-electron chi connectivity index (χ1n) is 6.66. The van der Waals surface area contributed by atoms with Crippen LogP contribution in [0.4, 0.5) is 0 Å². The minimum atomic E-state index is -0.0936. The quantitative estimate of drug-likeness (QED) is 0.773. The SMILES string of the molecule is Cc1cc(C)cc(/C=C/C(=O)NCC(C)CCO)c1. The van der Waals surface area contributed by atoms with Gasteiger partial charge in [0.1, 0.15) is 0 Å². The Labute approximate surface area is 115 Å². The Kier molecular flexibility index (Phi) is 6.30. The van der Waals surface area contributed by atoms with Gasteiger partial charge in [-0.25, -0.2) is 0 Å². The number of rotatable bonds is 6. The number of aliphatic hydroxyl groups excluding tert-OH is 1. The van der Waals surface area contributed by atoms with Crippen molar-refractivity contribution in [1.29, 1.82) is 0 Å². The molecular weight excluding hydrogens is 238 g/mol. The van der Waals surface area contributed by atoms with Crippen LogP contribution in [0.1, 0.15) is 30.0 Å². The summed E-state index contributed by atoms with van der Waals surface area (Å²) in [6.45, 7) is 6.85. The second-order valence-corrected chi connectivity index (χ2v) is 5.12. The summed E-state index contributed by atoms with van der Waals surface area (Å²) < 4.78 is 0. The Hall–Kier alpha value is -1.61. The molecule has 1 rings (SSSR count). The molecule has 0 radical (unpaired) electrons. The van der Waals surface area contributed by atoms with Crippen molar-refractivity contribution in [2.24, 2.45) is 5.92 Å². The smallest absolute Gasteiger partial charge is 0.244 e. The summed E-state index contributed by atoms with van der Waals surface area (Å²) in [5.41, 5.74) is 3.42. The van der Waals surface area contributed by atoms with Gasteiger partial charge in [0.15, 0.2) is 0 Å². The Balaban J connectivity index is 2.49. The van der Waals surface area contributed by atoms with Crippen LogP contribution in [0, 0.1) is 19.8 Å². The van der Waals surface area contributed by atoms with Gasteiger partial charge < -0.3 is 10.4 Å². The topological polar surface area (TPSA) is 49.3 Å². The zero-order chi connectivity index (χ0) is 14.3. The zero-order valence-corrected chi connectivity index (χ0v) is 11.9. The van der Waals surface area contributed by atoms with Gasteiger partial charge in [-0.05, 0) is 37.8 Å². The van der Waals surface area contributed by atoms with Gasteiger partial charge in [0.25, 0.3) is 0 Å². The molecule has 0 saturated heterocycles. The van der Waals surface area contributed by atoms with E-state index in [1.165, 1.54) is 11.1 Å². The highest BCUT2D eigenvalue weighted by atomic mass is 16.3. The van der Waals surface area contributed by atoms with Crippen LogP contribution in [0.3, 0.4) is 0 Å². The van der Waals surface area contributed by atoms with E-state index >= 15 is 0 Å². The standard InChI is InChI=1S/C16H23NO2/c1-12(6-7-18)11-17-16(19)5-4-15-9-13(2)8-14(3)10-15/h4-5,8-10,12,18H,6-7,11H2,1-3H3,(H,17,19)/b5-4+. The van der Waals surface area contributed by atoms with Crippen LogP contribution in [0.5, 0.6) is 0 Å². The van der Waals surface area contributed by atoms with Crippen LogP contribution >= 0.6 is 0 Å². The van der Waals surface area contributed by atoms with Crippen molar-refractivity contribution >= 4 is 12.0 Å². The van der Waals surface area contributed by atoms with Crippen molar-refractivity contribution < 1.29 is 9.90 Å². The second kappa shape index (κ2) is 7.74. The molecule has 3 nitrogen and oxygen atoms in total. The van der Waals surface area contributed by atoms with Crippen LogP contribution in [-0.4, -0.2) is 24.2 Å². The van der Waals surface area contributed by atoms with Crippen molar-refractivity contribution in [2.75, 3.05) is 13.2 Å². The number of hydrogen-bond acceptors (Lipinski definition) is 2. The predicted molar refractivity (Wildman–Crippen MR) is 78.8 cm³/mol. The number of carbonyl (C=O) groups excluding carboxylic acids is 1. The van der Waals surface area contributed by atoms with Crippen LogP contribution in [-0.2, 0) is 4.79 Å². The van der Waals surface area contributed by atoms with Crippen molar-refractivity contribution in [2.45, 2.75) is 27.2 Å². The maximum atomic E-state index is 11.6. The van der Waals surface area contributed by atoms with E-state index in [4.69, 9.17) is 5.11 Å². The third kappa shape index (κ3) is 6.20. The van der Waals surface area contributed by atoms with Gasteiger partial charge in [0.05, 0.1) is 0 Å². The van der Waals surface area contributed by atoms with E-state index in [0.29, 0.717) is 18.9 Å². The van der Waals surface area contributed by atoms with Crippen molar-refractivity contribution in [3.63, 3.8) is 0 Å². The minimum absolute atomic E-state index is 0.0936. The fraction of sp³-hybridized carbons (Fsp3) is 0.438. The Morgan fingerprint density at radius 2 is 1.95 bits per heavy atom. The normalized spacial score (nSPS) is 12.6. The van der Waals surface area contributed by atoms with Crippen LogP contribution < -0.4 is 5.32 Å². The number of aliphatic hydroxyl groups is 1. The van der Waals surface area contributed by atoms with Crippen molar-refractivity contribution in [3.8, 4) is 0 Å². The van der Waals surface area contributed by atoms with Gasteiger partial charge in [-0.15, -0.1) is 0 Å². The minimum Gasteiger partial charge on any atom is -0.396 e. The summed E-state index contributed by atoms with van der Waals surface area (Å²) in [5, 5.41) is 11.6. The Morgan fingerprint density at radius 3 is 2.53 bits per heavy atom. The molecular formula is C16H23NO2. The highest BCUT2D eigenvalue weighted by Gasteiger charge is 2.02. The molecule has 2 N–H and O–H groups in total. The average molecular weight is 261 g/mol. The third-order valence-corrected chi connectivity index (χ3v) is 2.92. The van der Waals surface area contributed by atoms with Gasteiger partial charge >= 0.3 is 0 Å². The lowest BCUT2D eigenvalue weighted by Crippen LogP contribution is -2.26. The maximum absolute atomic E-state index is 11.6. The third-order valence-electron chi connectivity index (χ3n) is 2.92. The molecule has 0 saturated carbocycles. The lowest BCUT2D eigenvalue weighted by molar-refractivity contribution is -0.116. The van der Waals surface area contributed by atoms with Gasteiger partial charge in [-0.1, -0.05) is 36.2 Å². The molecule has 1 amide bonds. The molecule has 0 aliphatic heterocycles. The Bertz CT molecular complexity index is 432. The lowest BCUT2D eigenvalue weighted by atomic mass is 10.1. The van der Waals surface area contributed by atoms with E-state index in [0.717, 1.165) is 5.56 Å². The molecule has 1 unspecified atom stereocenters. The molecule has 0 spiro atoms. The van der Waals surface area contributed by atoms with E-state index in [1.807, 2.05) is 39.0 Å². The molecule has 1 aromatic rings. The zero-order valence-electron chi connectivity index (χ0n) is 11.9. The number of benzene rings is 1. The molecule has 0 heterocycles. The highest BCUT2D eigenvalue weighted by Crippen LogP contribution is 2.10. The van der Waals surface area contributed by atoms with E-state index in [1.54, 1.807) is 6.08 Å². The summed E-state index contributed by atoms with van der Waals surface area (Å²) in [4.78, 5) is 11.6. The average Bonchev–Trinajstić information content (AvgIpc) is 2.33. The molecule has 104 valence electrons. The van der Waals surface area contributed by atoms with Gasteiger partial charge in [0.2, 0.25) is 5.91 Å². The number of aryl methyl sites for hydroxylation is 2. The maximum Gasteiger partial charge on any atom is 0.244 e. The molecule has 19 heavy (non-hydrogen) atoms. The van der Waals surface area contributed by atoms with E-state index in [2.05, 4.69) is 11.4 Å². The summed E-state index contributed by atoms with van der Waals surface area (Å²) in [7, 11) is 0. The van der Waals surface area contributed by atoms with E-state index in [9.17, 15) is 4.79 Å². The van der Waals surface area contributed by atoms with E-state index < -0.39 is 0 Å². The first-order valence-corrected chi connectivity index (χ1v) is 6.66. The van der Waals surface area contributed by atoms with Crippen molar-refractivity contribution in [3.05, 3.63) is 41.0 Å². The second-order valence-electron chi connectivity index (χ2n) is 5.12. The molecule has 0 aromatic heterocycles. The monoisotopic (exact) mass is 261 g/mol. The first-order chi connectivity index (χ1) is 9.01. The fourth-order valence-corrected chi connectivity index (χ4v) is 1.93. The lowest BCUT2D eigenvalue weighted by Gasteiger charge is -2.09. The summed E-state index contributed by atoms with van der Waals surface area (Å²) in [5.74, 6) is 0.201. The van der Waals surface area contributed by atoms with Crippen LogP contribution in [0.2, 0.25) is 0 Å². The summed E-state index contributed by atoms with van der Waals surface area (Å²) in [6, 6.07) is 6.20. The molecule has 1 atom stereocenters. The largest absolute Gasteiger partial charge is 0.396 e. The van der Waals surface area contributed by atoms with Gasteiger partial charge in [0, 0.05) is 19.2 Å². The number of nitrogens with one attached hydrogen (secondary N) is 1. The molecule has 0 aliphatic rings. The predicted octanol–water partition coefficient (Wildman–Crippen LogP) is 2.45. The molecule has 0 fully saturated rings.